The summed E-state index contributed by atoms with van der Waals surface area (Å²) in [5.74, 6) is 1.68. The maximum atomic E-state index is 11.4. The number of guanidine groups is 1. The lowest BCUT2D eigenvalue weighted by Gasteiger charge is -2.35. The van der Waals surface area contributed by atoms with Crippen LogP contribution < -0.4 is 15.8 Å². The number of likely N-dealkylation sites (tertiary alicyclic amines) is 1. The Morgan fingerprint density at radius 2 is 1.94 bits per heavy atom. The van der Waals surface area contributed by atoms with Gasteiger partial charge in [0, 0.05) is 38.1 Å². The van der Waals surface area contributed by atoms with Gasteiger partial charge in [0.05, 0.1) is 17.7 Å². The molecule has 2 aromatic rings. The Bertz CT molecular complexity index is 932. The molecule has 1 aliphatic heterocycles. The third-order valence-electron chi connectivity index (χ3n) is 5.52. The van der Waals surface area contributed by atoms with Crippen LogP contribution in [0.3, 0.4) is 0 Å². The molecule has 1 aromatic carbocycles. The number of nitrogens with two attached hydrogens (primary N) is 1. The van der Waals surface area contributed by atoms with Crippen LogP contribution in [0.1, 0.15) is 38.0 Å². The minimum absolute atomic E-state index is 0.104. The van der Waals surface area contributed by atoms with Gasteiger partial charge in [-0.1, -0.05) is 12.1 Å². The number of hydrogen-bond donors (Lipinski definition) is 3. The molecule has 1 fully saturated rings. The predicted molar refractivity (Wildman–Crippen MR) is 122 cm³/mol. The number of piperidine rings is 1. The number of rotatable bonds is 8. The SMILES string of the molecule is CC(C)N1CCC(NC(=NCc2ccc(S(N)(=O)=O)cc2)NCCc2ccco2)CC1. The van der Waals surface area contributed by atoms with Gasteiger partial charge in [0.1, 0.15) is 5.76 Å². The van der Waals surface area contributed by atoms with Crippen molar-refractivity contribution < 1.29 is 12.8 Å². The van der Waals surface area contributed by atoms with E-state index in [4.69, 9.17) is 14.5 Å². The van der Waals surface area contributed by atoms with Crippen LogP contribution in [0, 0.1) is 0 Å². The third kappa shape index (κ3) is 7.37. The first-order chi connectivity index (χ1) is 14.8. The van der Waals surface area contributed by atoms with Gasteiger partial charge in [-0.3, -0.25) is 0 Å². The van der Waals surface area contributed by atoms with Crippen LogP contribution in [0.5, 0.6) is 0 Å². The highest BCUT2D eigenvalue weighted by Crippen LogP contribution is 2.13. The molecule has 31 heavy (non-hydrogen) atoms. The first-order valence-electron chi connectivity index (χ1n) is 10.7. The van der Waals surface area contributed by atoms with Crippen molar-refractivity contribution in [2.45, 2.75) is 56.6 Å². The van der Waals surface area contributed by atoms with E-state index in [-0.39, 0.29) is 4.90 Å². The van der Waals surface area contributed by atoms with Crippen molar-refractivity contribution in [3.8, 4) is 0 Å². The fraction of sp³-hybridized carbons (Fsp3) is 0.500. The number of benzene rings is 1. The highest BCUT2D eigenvalue weighted by atomic mass is 32.2. The van der Waals surface area contributed by atoms with E-state index in [0.717, 1.165) is 49.6 Å². The predicted octanol–water partition coefficient (Wildman–Crippen LogP) is 2.08. The summed E-state index contributed by atoms with van der Waals surface area (Å²) in [5, 5.41) is 12.1. The van der Waals surface area contributed by atoms with Gasteiger partial charge in [-0.2, -0.15) is 0 Å². The second-order valence-corrected chi connectivity index (χ2v) is 9.72. The molecule has 0 atom stereocenters. The Morgan fingerprint density at radius 1 is 1.23 bits per heavy atom. The summed E-state index contributed by atoms with van der Waals surface area (Å²) in [5.41, 5.74) is 0.911. The lowest BCUT2D eigenvalue weighted by molar-refractivity contribution is 0.167. The molecule has 0 radical (unpaired) electrons. The molecule has 4 N–H and O–H groups in total. The lowest BCUT2D eigenvalue weighted by Crippen LogP contribution is -2.50. The van der Waals surface area contributed by atoms with Crippen molar-refractivity contribution in [1.82, 2.24) is 15.5 Å². The van der Waals surface area contributed by atoms with Crippen LogP contribution in [-0.4, -0.2) is 51.0 Å². The number of aliphatic imine (C=N–C) groups is 1. The summed E-state index contributed by atoms with van der Waals surface area (Å²) in [4.78, 5) is 7.32. The number of furan rings is 1. The molecule has 0 spiro atoms. The quantitative estimate of drug-likeness (QED) is 0.422. The lowest BCUT2D eigenvalue weighted by atomic mass is 10.0. The van der Waals surface area contributed by atoms with Crippen molar-refractivity contribution in [3.63, 3.8) is 0 Å². The van der Waals surface area contributed by atoms with Crippen molar-refractivity contribution in [1.29, 1.82) is 0 Å². The average molecular weight is 448 g/mol. The average Bonchev–Trinajstić information content (AvgIpc) is 3.25. The molecule has 1 aliphatic rings. The van der Waals surface area contributed by atoms with Gasteiger partial charge in [0.2, 0.25) is 10.0 Å². The van der Waals surface area contributed by atoms with E-state index < -0.39 is 10.0 Å². The van der Waals surface area contributed by atoms with Gasteiger partial charge in [-0.05, 0) is 56.5 Å². The zero-order valence-corrected chi connectivity index (χ0v) is 19.1. The van der Waals surface area contributed by atoms with E-state index in [1.165, 1.54) is 12.1 Å². The van der Waals surface area contributed by atoms with E-state index in [1.54, 1.807) is 18.4 Å². The minimum atomic E-state index is -3.69. The first-order valence-corrected chi connectivity index (χ1v) is 12.3. The normalized spacial score (nSPS) is 16.6. The fourth-order valence-electron chi connectivity index (χ4n) is 3.62. The summed E-state index contributed by atoms with van der Waals surface area (Å²) in [6.45, 7) is 7.75. The Morgan fingerprint density at radius 3 is 2.52 bits per heavy atom. The molecule has 1 saturated heterocycles. The summed E-state index contributed by atoms with van der Waals surface area (Å²) in [6.07, 6.45) is 4.58. The monoisotopic (exact) mass is 447 g/mol. The van der Waals surface area contributed by atoms with Crippen LogP contribution in [0.15, 0.2) is 57.0 Å². The number of nitrogens with zero attached hydrogens (tertiary/aromatic N) is 2. The van der Waals surface area contributed by atoms with Gasteiger partial charge in [0.25, 0.3) is 0 Å². The maximum Gasteiger partial charge on any atom is 0.238 e. The second kappa shape index (κ2) is 10.8. The number of sulfonamides is 1. The molecule has 2 heterocycles. The third-order valence-corrected chi connectivity index (χ3v) is 6.45. The molecule has 0 bridgehead atoms. The molecule has 0 unspecified atom stereocenters. The highest BCUT2D eigenvalue weighted by molar-refractivity contribution is 7.89. The van der Waals surface area contributed by atoms with Crippen LogP contribution >= 0.6 is 0 Å². The smallest absolute Gasteiger partial charge is 0.238 e. The van der Waals surface area contributed by atoms with Gasteiger partial charge in [-0.15, -0.1) is 0 Å². The van der Waals surface area contributed by atoms with Gasteiger partial charge >= 0.3 is 0 Å². The zero-order chi connectivity index (χ0) is 22.3. The molecule has 0 saturated carbocycles. The van der Waals surface area contributed by atoms with E-state index in [9.17, 15) is 8.42 Å². The molecule has 170 valence electrons. The van der Waals surface area contributed by atoms with Gasteiger partial charge in [0.15, 0.2) is 5.96 Å². The first kappa shape index (κ1) is 23.3. The summed E-state index contributed by atoms with van der Waals surface area (Å²) in [6, 6.07) is 11.3. The molecule has 8 nitrogen and oxygen atoms in total. The molecule has 0 amide bonds. The van der Waals surface area contributed by atoms with Crippen molar-refractivity contribution in [2.75, 3.05) is 19.6 Å². The Kier molecular flexibility index (Phi) is 8.11. The number of nitrogens with one attached hydrogen (secondary N) is 2. The Balaban J connectivity index is 1.61. The molecule has 1 aromatic heterocycles. The van der Waals surface area contributed by atoms with Gasteiger partial charge in [-0.25, -0.2) is 18.5 Å². The van der Waals surface area contributed by atoms with Crippen LogP contribution in [0.25, 0.3) is 0 Å². The fourth-order valence-corrected chi connectivity index (χ4v) is 4.14. The van der Waals surface area contributed by atoms with Crippen LogP contribution in [-0.2, 0) is 23.0 Å². The molecule has 3 rings (SSSR count). The van der Waals surface area contributed by atoms with Crippen molar-refractivity contribution in [2.24, 2.45) is 10.1 Å². The highest BCUT2D eigenvalue weighted by Gasteiger charge is 2.21. The molecular formula is C22H33N5O3S. The van der Waals surface area contributed by atoms with E-state index in [1.807, 2.05) is 12.1 Å². The number of hydrogen-bond acceptors (Lipinski definition) is 5. The largest absolute Gasteiger partial charge is 0.469 e. The molecular weight excluding hydrogens is 414 g/mol. The van der Waals surface area contributed by atoms with E-state index in [0.29, 0.717) is 25.2 Å². The zero-order valence-electron chi connectivity index (χ0n) is 18.3. The van der Waals surface area contributed by atoms with Crippen molar-refractivity contribution >= 4 is 16.0 Å². The van der Waals surface area contributed by atoms with Gasteiger partial charge < -0.3 is 20.0 Å². The second-order valence-electron chi connectivity index (χ2n) is 8.16. The van der Waals surface area contributed by atoms with E-state index >= 15 is 0 Å². The number of primary sulfonamides is 1. The summed E-state index contributed by atoms with van der Waals surface area (Å²) < 4.78 is 28.3. The van der Waals surface area contributed by atoms with E-state index in [2.05, 4.69) is 29.4 Å². The summed E-state index contributed by atoms with van der Waals surface area (Å²) in [7, 11) is -3.69. The van der Waals surface area contributed by atoms with Crippen LogP contribution in [0.2, 0.25) is 0 Å². The van der Waals surface area contributed by atoms with Crippen molar-refractivity contribution in [3.05, 3.63) is 54.0 Å². The minimum Gasteiger partial charge on any atom is -0.469 e. The van der Waals surface area contributed by atoms with Crippen LogP contribution in [0.4, 0.5) is 0 Å². The molecule has 9 heteroatoms. The topological polar surface area (TPSA) is 113 Å². The standard InChI is InChI=1S/C22H33N5O3S/c1-17(2)27-13-10-19(11-14-27)26-22(24-12-9-20-4-3-15-30-20)25-16-18-5-7-21(8-6-18)31(23,28)29/h3-8,15,17,19H,9-14,16H2,1-2H3,(H2,23,28,29)(H2,24,25,26). The molecule has 0 aliphatic carbocycles. The summed E-state index contributed by atoms with van der Waals surface area (Å²) >= 11 is 0. The maximum absolute atomic E-state index is 11.4. The Hall–Kier alpha value is -2.36. The Labute approximate surface area is 185 Å².